The number of halogens is 1. The molecule has 0 unspecified atom stereocenters. The fourth-order valence-electron chi connectivity index (χ4n) is 4.19. The van der Waals surface area contributed by atoms with Crippen LogP contribution in [0.1, 0.15) is 45.5 Å². The second-order valence-electron chi connectivity index (χ2n) is 8.22. The first kappa shape index (κ1) is 19.8. The van der Waals surface area contributed by atoms with Gasteiger partial charge in [0.2, 0.25) is 0 Å². The molecule has 2 aliphatic rings. The molecular weight excluding hydrogens is 388 g/mol. The Morgan fingerprint density at radius 1 is 1.14 bits per heavy atom. The van der Waals surface area contributed by atoms with Crippen molar-refractivity contribution in [3.63, 3.8) is 0 Å². The molecule has 1 spiro atoms. The van der Waals surface area contributed by atoms with Crippen LogP contribution in [0.4, 0.5) is 5.69 Å². The van der Waals surface area contributed by atoms with Crippen LogP contribution >= 0.6 is 11.6 Å². The number of anilines is 1. The Bertz CT molecular complexity index is 961. The number of hydrogen-bond donors (Lipinski definition) is 0. The SMILES string of the molecule is Cc1cc(Cl)cc2c1OC1(CCN(C(=O)c3ccc(N(C)C)cc3)CC1)CC2=O. The Morgan fingerprint density at radius 3 is 2.41 bits per heavy atom. The van der Waals surface area contributed by atoms with Gasteiger partial charge in [-0.05, 0) is 48.9 Å². The van der Waals surface area contributed by atoms with Crippen molar-refractivity contribution in [3.8, 4) is 5.75 Å². The lowest BCUT2D eigenvalue weighted by Crippen LogP contribution is -2.52. The van der Waals surface area contributed by atoms with Crippen molar-refractivity contribution in [2.24, 2.45) is 0 Å². The molecule has 1 saturated heterocycles. The molecule has 0 aromatic heterocycles. The summed E-state index contributed by atoms with van der Waals surface area (Å²) in [4.78, 5) is 29.5. The third-order valence-electron chi connectivity index (χ3n) is 5.93. The zero-order valence-corrected chi connectivity index (χ0v) is 17.8. The largest absolute Gasteiger partial charge is 0.486 e. The number of benzene rings is 2. The van der Waals surface area contributed by atoms with E-state index in [-0.39, 0.29) is 11.7 Å². The summed E-state index contributed by atoms with van der Waals surface area (Å²) >= 11 is 6.11. The molecule has 4 rings (SSSR count). The summed E-state index contributed by atoms with van der Waals surface area (Å²) in [5, 5.41) is 0.551. The number of Topliss-reactive ketones (excluding diaryl/α,β-unsaturated/α-hetero) is 1. The topological polar surface area (TPSA) is 49.9 Å². The molecule has 0 N–H and O–H groups in total. The van der Waals surface area contributed by atoms with Crippen molar-refractivity contribution >= 4 is 29.0 Å². The molecule has 0 atom stereocenters. The van der Waals surface area contributed by atoms with Crippen molar-refractivity contribution in [2.75, 3.05) is 32.1 Å². The van der Waals surface area contributed by atoms with Crippen molar-refractivity contribution in [3.05, 3.63) is 58.1 Å². The van der Waals surface area contributed by atoms with Crippen molar-refractivity contribution < 1.29 is 14.3 Å². The van der Waals surface area contributed by atoms with Gasteiger partial charge in [0.1, 0.15) is 11.4 Å². The highest BCUT2D eigenvalue weighted by atomic mass is 35.5. The number of hydrogen-bond acceptors (Lipinski definition) is 4. The minimum atomic E-state index is -0.533. The molecule has 2 heterocycles. The number of carbonyl (C=O) groups is 2. The van der Waals surface area contributed by atoms with Crippen LogP contribution in [-0.4, -0.2) is 49.4 Å². The maximum atomic E-state index is 12.9. The lowest BCUT2D eigenvalue weighted by atomic mass is 9.82. The average molecular weight is 413 g/mol. The molecule has 152 valence electrons. The summed E-state index contributed by atoms with van der Waals surface area (Å²) < 4.78 is 6.37. The second kappa shape index (κ2) is 7.38. The lowest BCUT2D eigenvalue weighted by molar-refractivity contribution is -0.00616. The van der Waals surface area contributed by atoms with E-state index in [2.05, 4.69) is 0 Å². The molecule has 1 amide bonds. The fraction of sp³-hybridized carbons (Fsp3) is 0.391. The Balaban J connectivity index is 1.48. The van der Waals surface area contributed by atoms with E-state index in [0.29, 0.717) is 54.3 Å². The molecule has 0 radical (unpaired) electrons. The summed E-state index contributed by atoms with van der Waals surface area (Å²) in [5.41, 5.74) is 2.65. The molecule has 2 aliphatic heterocycles. The molecule has 2 aromatic rings. The van der Waals surface area contributed by atoms with Gasteiger partial charge in [-0.25, -0.2) is 0 Å². The third-order valence-corrected chi connectivity index (χ3v) is 6.15. The molecule has 1 fully saturated rings. The van der Waals surface area contributed by atoms with Crippen molar-refractivity contribution in [1.82, 2.24) is 4.90 Å². The Hall–Kier alpha value is -2.53. The zero-order valence-electron chi connectivity index (χ0n) is 17.0. The third kappa shape index (κ3) is 3.71. The fourth-order valence-corrected chi connectivity index (χ4v) is 4.47. The number of likely N-dealkylation sites (tertiary alicyclic amines) is 1. The van der Waals surface area contributed by atoms with E-state index in [9.17, 15) is 9.59 Å². The van der Waals surface area contributed by atoms with Crippen molar-refractivity contribution in [1.29, 1.82) is 0 Å². The molecule has 0 bridgehead atoms. The van der Waals surface area contributed by atoms with E-state index in [1.807, 2.05) is 61.2 Å². The smallest absolute Gasteiger partial charge is 0.253 e. The van der Waals surface area contributed by atoms with E-state index in [1.54, 1.807) is 6.07 Å². The van der Waals surface area contributed by atoms with Crippen LogP contribution in [0.2, 0.25) is 5.02 Å². The van der Waals surface area contributed by atoms with E-state index in [0.717, 1.165) is 11.3 Å². The van der Waals surface area contributed by atoms with E-state index in [4.69, 9.17) is 16.3 Å². The van der Waals surface area contributed by atoms with Gasteiger partial charge in [0.25, 0.3) is 5.91 Å². The summed E-state index contributed by atoms with van der Waals surface area (Å²) in [6.45, 7) is 3.06. The average Bonchev–Trinajstić information content (AvgIpc) is 2.69. The predicted octanol–water partition coefficient (Wildman–Crippen LogP) is 4.35. The standard InChI is InChI=1S/C23H25ClN2O3/c1-15-12-17(24)13-19-20(27)14-23(29-21(15)19)8-10-26(11-9-23)22(28)16-4-6-18(7-5-16)25(2)3/h4-7,12-13H,8-11,14H2,1-3H3. The number of amides is 1. The number of nitrogens with zero attached hydrogens (tertiary/aromatic N) is 2. The van der Waals surface area contributed by atoms with Crippen LogP contribution in [0.5, 0.6) is 5.75 Å². The second-order valence-corrected chi connectivity index (χ2v) is 8.65. The number of aryl methyl sites for hydroxylation is 1. The first-order valence-corrected chi connectivity index (χ1v) is 10.2. The zero-order chi connectivity index (χ0) is 20.8. The number of carbonyl (C=O) groups excluding carboxylic acids is 2. The highest BCUT2D eigenvalue weighted by molar-refractivity contribution is 6.31. The molecule has 2 aromatic carbocycles. The van der Waals surface area contributed by atoms with E-state index >= 15 is 0 Å². The van der Waals surface area contributed by atoms with Gasteiger partial charge in [0.05, 0.1) is 12.0 Å². The monoisotopic (exact) mass is 412 g/mol. The van der Waals surface area contributed by atoms with Gasteiger partial charge in [-0.2, -0.15) is 0 Å². The molecule has 6 heteroatoms. The predicted molar refractivity (Wildman–Crippen MR) is 114 cm³/mol. The van der Waals surface area contributed by atoms with Crippen LogP contribution in [0, 0.1) is 6.92 Å². The summed E-state index contributed by atoms with van der Waals surface area (Å²) in [6.07, 6.45) is 1.61. The maximum absolute atomic E-state index is 12.9. The van der Waals surface area contributed by atoms with E-state index < -0.39 is 5.60 Å². The Morgan fingerprint density at radius 2 is 1.79 bits per heavy atom. The molecule has 0 aliphatic carbocycles. The van der Waals surface area contributed by atoms with Crippen LogP contribution < -0.4 is 9.64 Å². The number of rotatable bonds is 2. The van der Waals surface area contributed by atoms with Gasteiger partial charge in [-0.1, -0.05) is 11.6 Å². The van der Waals surface area contributed by atoms with Gasteiger partial charge in [0.15, 0.2) is 5.78 Å². The van der Waals surface area contributed by atoms with Gasteiger partial charge >= 0.3 is 0 Å². The highest BCUT2D eigenvalue weighted by Gasteiger charge is 2.44. The van der Waals surface area contributed by atoms with Crippen LogP contribution in [0.15, 0.2) is 36.4 Å². The summed E-state index contributed by atoms with van der Waals surface area (Å²) in [6, 6.07) is 11.1. The Kier molecular flexibility index (Phi) is 5.03. The quantitative estimate of drug-likeness (QED) is 0.735. The molecule has 5 nitrogen and oxygen atoms in total. The maximum Gasteiger partial charge on any atom is 0.253 e. The number of ketones is 1. The normalized spacial score (nSPS) is 17.7. The molecule has 0 saturated carbocycles. The Labute approximate surface area is 176 Å². The van der Waals surface area contributed by atoms with Crippen LogP contribution in [0.25, 0.3) is 0 Å². The molecule has 29 heavy (non-hydrogen) atoms. The molecular formula is C23H25ClN2O3. The van der Waals surface area contributed by atoms with E-state index in [1.165, 1.54) is 0 Å². The number of ether oxygens (including phenoxy) is 1. The minimum Gasteiger partial charge on any atom is -0.486 e. The highest BCUT2D eigenvalue weighted by Crippen LogP contribution is 2.42. The van der Waals surface area contributed by atoms with Crippen LogP contribution in [0.3, 0.4) is 0 Å². The van der Waals surface area contributed by atoms with Gasteiger partial charge in [-0.15, -0.1) is 0 Å². The van der Waals surface area contributed by atoms with Gasteiger partial charge in [0, 0.05) is 56.3 Å². The summed E-state index contributed by atoms with van der Waals surface area (Å²) in [7, 11) is 3.94. The minimum absolute atomic E-state index is 0.0238. The first-order valence-electron chi connectivity index (χ1n) is 9.87. The van der Waals surface area contributed by atoms with Gasteiger partial charge < -0.3 is 14.5 Å². The van der Waals surface area contributed by atoms with Crippen LogP contribution in [-0.2, 0) is 0 Å². The number of piperidine rings is 1. The van der Waals surface area contributed by atoms with Crippen molar-refractivity contribution in [2.45, 2.75) is 31.8 Å². The number of fused-ring (bicyclic) bond motifs is 1. The first-order chi connectivity index (χ1) is 13.8. The van der Waals surface area contributed by atoms with Gasteiger partial charge in [-0.3, -0.25) is 9.59 Å². The lowest BCUT2D eigenvalue weighted by Gasteiger charge is -2.44. The summed E-state index contributed by atoms with van der Waals surface area (Å²) in [5.74, 6) is 0.733.